The number of hydrogen-bond donors (Lipinski definition) is 1. The summed E-state index contributed by atoms with van der Waals surface area (Å²) < 4.78 is 28.0. The first kappa shape index (κ1) is 23.4. The van der Waals surface area contributed by atoms with Gasteiger partial charge in [-0.3, -0.25) is 9.59 Å². The lowest BCUT2D eigenvalue weighted by molar-refractivity contribution is -0.124. The van der Waals surface area contributed by atoms with Gasteiger partial charge in [-0.05, 0) is 62.4 Å². The van der Waals surface area contributed by atoms with Crippen LogP contribution in [0.25, 0.3) is 0 Å². The minimum atomic E-state index is -3.59. The third-order valence-electron chi connectivity index (χ3n) is 6.51. The molecule has 176 valence electrons. The predicted molar refractivity (Wildman–Crippen MR) is 127 cm³/mol. The Morgan fingerprint density at radius 2 is 1.85 bits per heavy atom. The van der Waals surface area contributed by atoms with Crippen molar-refractivity contribution in [1.29, 1.82) is 0 Å². The summed E-state index contributed by atoms with van der Waals surface area (Å²) >= 11 is 0. The molecule has 2 aliphatic heterocycles. The zero-order valence-corrected chi connectivity index (χ0v) is 20.0. The van der Waals surface area contributed by atoms with Crippen LogP contribution in [0.5, 0.6) is 0 Å². The number of sulfonamides is 1. The number of benzene rings is 2. The van der Waals surface area contributed by atoms with Crippen molar-refractivity contribution < 1.29 is 18.0 Å². The van der Waals surface area contributed by atoms with E-state index in [1.807, 2.05) is 38.1 Å². The molecule has 0 bridgehead atoms. The fourth-order valence-corrected chi connectivity index (χ4v) is 6.29. The molecular formula is C25H31N3O4S. The van der Waals surface area contributed by atoms with Crippen molar-refractivity contribution in [3.8, 4) is 0 Å². The minimum absolute atomic E-state index is 0.0184. The Morgan fingerprint density at radius 3 is 2.58 bits per heavy atom. The number of rotatable bonds is 6. The molecule has 2 heterocycles. The number of nitrogens with one attached hydrogen (secondary N) is 1. The second-order valence-corrected chi connectivity index (χ2v) is 10.9. The Morgan fingerprint density at radius 1 is 1.09 bits per heavy atom. The highest BCUT2D eigenvalue weighted by atomic mass is 32.2. The van der Waals surface area contributed by atoms with Crippen LogP contribution in [0, 0.1) is 6.92 Å². The van der Waals surface area contributed by atoms with Crippen molar-refractivity contribution >= 4 is 27.5 Å². The van der Waals surface area contributed by atoms with E-state index in [-0.39, 0.29) is 35.7 Å². The van der Waals surface area contributed by atoms with E-state index in [4.69, 9.17) is 0 Å². The molecule has 0 aliphatic carbocycles. The van der Waals surface area contributed by atoms with Gasteiger partial charge in [0.05, 0.1) is 4.90 Å². The average molecular weight is 470 g/mol. The van der Waals surface area contributed by atoms with E-state index in [2.05, 4.69) is 5.32 Å². The first-order valence-corrected chi connectivity index (χ1v) is 13.0. The highest BCUT2D eigenvalue weighted by Crippen LogP contribution is 2.32. The van der Waals surface area contributed by atoms with Gasteiger partial charge in [0.15, 0.2) is 0 Å². The smallest absolute Gasteiger partial charge is 0.243 e. The summed E-state index contributed by atoms with van der Waals surface area (Å²) in [6.07, 6.45) is 3.50. The Hall–Kier alpha value is -2.71. The van der Waals surface area contributed by atoms with Gasteiger partial charge < -0.3 is 10.2 Å². The summed E-state index contributed by atoms with van der Waals surface area (Å²) in [6, 6.07) is 12.8. The number of amides is 2. The normalized spacial score (nSPS) is 19.3. The fourth-order valence-electron chi connectivity index (χ4n) is 4.54. The minimum Gasteiger partial charge on any atom is -0.350 e. The van der Waals surface area contributed by atoms with Crippen LogP contribution in [0.1, 0.15) is 49.3 Å². The van der Waals surface area contributed by atoms with Crippen LogP contribution in [0.2, 0.25) is 0 Å². The third kappa shape index (κ3) is 5.12. The van der Waals surface area contributed by atoms with Crippen LogP contribution < -0.4 is 10.2 Å². The second-order valence-electron chi connectivity index (χ2n) is 8.99. The molecule has 0 saturated carbocycles. The molecule has 2 aromatic carbocycles. The maximum atomic E-state index is 13.2. The quantitative estimate of drug-likeness (QED) is 0.704. The van der Waals surface area contributed by atoms with Crippen molar-refractivity contribution in [2.75, 3.05) is 18.0 Å². The topological polar surface area (TPSA) is 86.8 Å². The summed E-state index contributed by atoms with van der Waals surface area (Å²) in [6.45, 7) is 4.79. The van der Waals surface area contributed by atoms with E-state index in [9.17, 15) is 18.0 Å². The lowest BCUT2D eigenvalue weighted by Gasteiger charge is -2.33. The number of anilines is 1. The molecule has 0 aromatic heterocycles. The number of carbonyl (C=O) groups is 2. The maximum absolute atomic E-state index is 13.2. The molecule has 1 saturated heterocycles. The Balaban J connectivity index is 1.49. The summed E-state index contributed by atoms with van der Waals surface area (Å²) in [4.78, 5) is 26.9. The van der Waals surface area contributed by atoms with E-state index in [0.29, 0.717) is 25.2 Å². The number of piperidine rings is 1. The van der Waals surface area contributed by atoms with E-state index >= 15 is 0 Å². The number of aryl methyl sites for hydroxylation is 2. The largest absolute Gasteiger partial charge is 0.350 e. The van der Waals surface area contributed by atoms with E-state index in [1.54, 1.807) is 22.5 Å². The van der Waals surface area contributed by atoms with Crippen molar-refractivity contribution in [1.82, 2.24) is 9.62 Å². The summed E-state index contributed by atoms with van der Waals surface area (Å²) in [5, 5.41) is 2.87. The van der Waals surface area contributed by atoms with Crippen molar-refractivity contribution in [3.63, 3.8) is 0 Å². The Bertz CT molecular complexity index is 1140. The molecule has 1 N–H and O–H groups in total. The predicted octanol–water partition coefficient (Wildman–Crippen LogP) is 3.15. The molecule has 2 amide bonds. The molecule has 0 radical (unpaired) electrons. The lowest BCUT2D eigenvalue weighted by atomic mass is 10.0. The molecule has 33 heavy (non-hydrogen) atoms. The lowest BCUT2D eigenvalue weighted by Crippen LogP contribution is -2.43. The van der Waals surface area contributed by atoms with Crippen molar-refractivity contribution in [2.45, 2.75) is 63.4 Å². The van der Waals surface area contributed by atoms with Gasteiger partial charge >= 0.3 is 0 Å². The first-order chi connectivity index (χ1) is 15.8. The van der Waals surface area contributed by atoms with E-state index in [1.165, 1.54) is 4.90 Å². The van der Waals surface area contributed by atoms with Gasteiger partial charge in [0.2, 0.25) is 21.8 Å². The van der Waals surface area contributed by atoms with E-state index in [0.717, 1.165) is 36.0 Å². The van der Waals surface area contributed by atoms with Crippen molar-refractivity contribution in [2.24, 2.45) is 0 Å². The SMILES string of the molecule is Cc1ccc(CNC(=O)CN2C(=O)CCc3cc(S(=O)(=O)N4CCCC[C@@H]4C)ccc32)cc1. The molecule has 0 spiro atoms. The molecule has 2 aromatic rings. The second kappa shape index (κ2) is 9.65. The molecule has 1 fully saturated rings. The van der Waals surface area contributed by atoms with Gasteiger partial charge in [-0.25, -0.2) is 8.42 Å². The number of nitrogens with zero attached hydrogens (tertiary/aromatic N) is 2. The van der Waals surface area contributed by atoms with Crippen molar-refractivity contribution in [3.05, 3.63) is 59.2 Å². The summed E-state index contributed by atoms with van der Waals surface area (Å²) in [5.41, 5.74) is 3.53. The molecule has 1 atom stereocenters. The van der Waals surface area contributed by atoms with Gasteiger partial charge in [-0.2, -0.15) is 4.31 Å². The van der Waals surface area contributed by atoms with Gasteiger partial charge in [-0.1, -0.05) is 36.2 Å². The third-order valence-corrected chi connectivity index (χ3v) is 8.52. The van der Waals surface area contributed by atoms with Crippen LogP contribution in [0.15, 0.2) is 47.4 Å². The average Bonchev–Trinajstić information content (AvgIpc) is 2.80. The molecule has 4 rings (SSSR count). The maximum Gasteiger partial charge on any atom is 0.243 e. The highest BCUT2D eigenvalue weighted by molar-refractivity contribution is 7.89. The first-order valence-electron chi connectivity index (χ1n) is 11.5. The number of carbonyl (C=O) groups excluding carboxylic acids is 2. The van der Waals surface area contributed by atoms with Gasteiger partial charge in [0.1, 0.15) is 6.54 Å². The fraction of sp³-hybridized carbons (Fsp3) is 0.440. The molecule has 8 heteroatoms. The molecule has 2 aliphatic rings. The van der Waals surface area contributed by atoms with Crippen LogP contribution in [-0.2, 0) is 32.6 Å². The van der Waals surface area contributed by atoms with E-state index < -0.39 is 10.0 Å². The van der Waals surface area contributed by atoms with Crippen LogP contribution in [-0.4, -0.2) is 43.7 Å². The molecular weight excluding hydrogens is 438 g/mol. The monoisotopic (exact) mass is 469 g/mol. The van der Waals surface area contributed by atoms with Gasteiger partial charge in [0, 0.05) is 31.2 Å². The van der Waals surface area contributed by atoms with Crippen LogP contribution in [0.3, 0.4) is 0 Å². The summed E-state index contributed by atoms with van der Waals surface area (Å²) in [5.74, 6) is -0.385. The zero-order valence-electron chi connectivity index (χ0n) is 19.2. The molecule has 7 nitrogen and oxygen atoms in total. The number of fused-ring (bicyclic) bond motifs is 1. The van der Waals surface area contributed by atoms with Gasteiger partial charge in [-0.15, -0.1) is 0 Å². The molecule has 0 unspecified atom stereocenters. The number of hydrogen-bond acceptors (Lipinski definition) is 4. The Labute approximate surface area is 195 Å². The Kier molecular flexibility index (Phi) is 6.86. The van der Waals surface area contributed by atoms with Crippen LogP contribution >= 0.6 is 0 Å². The zero-order chi connectivity index (χ0) is 23.6. The highest BCUT2D eigenvalue weighted by Gasteiger charge is 2.33. The van der Waals surface area contributed by atoms with Crippen LogP contribution in [0.4, 0.5) is 5.69 Å². The standard InChI is InChI=1S/C25H31N3O4S/c1-18-6-8-20(9-7-18)16-26-24(29)17-27-23-12-11-22(15-21(23)10-13-25(27)30)33(31,32)28-14-4-3-5-19(28)2/h6-9,11-12,15,19H,3-5,10,13-14,16-17H2,1-2H3,(H,26,29)/t19-/m0/s1. The van der Waals surface area contributed by atoms with Gasteiger partial charge in [0.25, 0.3) is 0 Å². The summed E-state index contributed by atoms with van der Waals surface area (Å²) in [7, 11) is -3.59.